The number of rotatable bonds is 8. The maximum atomic E-state index is 13.7. The van der Waals surface area contributed by atoms with Gasteiger partial charge in [-0.15, -0.1) is 0 Å². The molecule has 3 aromatic rings. The molecule has 1 aliphatic rings. The van der Waals surface area contributed by atoms with Crippen molar-refractivity contribution in [2.45, 2.75) is 36.9 Å². The summed E-state index contributed by atoms with van der Waals surface area (Å²) in [5.41, 5.74) is 9.05. The van der Waals surface area contributed by atoms with Crippen LogP contribution in [-0.2, 0) is 25.3 Å². The maximum absolute atomic E-state index is 13.7. The highest BCUT2D eigenvalue weighted by molar-refractivity contribution is 6.30. The largest absolute Gasteiger partial charge is 0.491 e. The maximum Gasteiger partial charge on any atom is 0.491 e. The van der Waals surface area contributed by atoms with Crippen LogP contribution >= 0.6 is 11.6 Å². The van der Waals surface area contributed by atoms with Gasteiger partial charge < -0.3 is 26.8 Å². The highest BCUT2D eigenvalue weighted by atomic mass is 35.5. The molecular formula is C26H21ClF7N7O5. The number of anilines is 1. The summed E-state index contributed by atoms with van der Waals surface area (Å²) in [6.07, 6.45) is -12.2. The van der Waals surface area contributed by atoms with Crippen molar-refractivity contribution in [3.8, 4) is 0 Å². The number of nitrogens with two attached hydrogens (primary N) is 2. The summed E-state index contributed by atoms with van der Waals surface area (Å²) in [7, 11) is 0. The van der Waals surface area contributed by atoms with Crippen molar-refractivity contribution in [3.05, 3.63) is 58.2 Å². The van der Waals surface area contributed by atoms with Gasteiger partial charge in [-0.3, -0.25) is 19.1 Å². The van der Waals surface area contributed by atoms with Gasteiger partial charge in [-0.05, 0) is 35.9 Å². The minimum atomic E-state index is -5.61. The zero-order valence-electron chi connectivity index (χ0n) is 22.9. The van der Waals surface area contributed by atoms with Gasteiger partial charge in [-0.25, -0.2) is 14.2 Å². The molecule has 0 saturated carbocycles. The molecule has 2 aromatic carbocycles. The predicted molar refractivity (Wildman–Crippen MR) is 146 cm³/mol. The van der Waals surface area contributed by atoms with Crippen LogP contribution in [0.2, 0.25) is 5.02 Å². The molecule has 0 bridgehead atoms. The van der Waals surface area contributed by atoms with Gasteiger partial charge in [0.1, 0.15) is 12.2 Å². The van der Waals surface area contributed by atoms with E-state index in [0.29, 0.717) is 12.1 Å². The first kappa shape index (κ1) is 33.9. The van der Waals surface area contributed by atoms with Gasteiger partial charge in [0.25, 0.3) is 0 Å². The molecule has 20 heteroatoms. The van der Waals surface area contributed by atoms with E-state index in [1.165, 1.54) is 12.1 Å². The molecular weight excluding hydrogens is 659 g/mol. The minimum absolute atomic E-state index is 0.0117. The lowest BCUT2D eigenvalue weighted by molar-refractivity contribution is -0.202. The average Bonchev–Trinajstić information content (AvgIpc) is 3.35. The third kappa shape index (κ3) is 7.64. The molecule has 2 amide bonds. The number of nitrogens with zero attached hydrogens (tertiary/aromatic N) is 3. The van der Waals surface area contributed by atoms with E-state index in [2.05, 4.69) is 25.5 Å². The van der Waals surface area contributed by atoms with E-state index in [1.54, 1.807) is 0 Å². The molecule has 0 radical (unpaired) electrons. The Bertz CT molecular complexity index is 1740. The highest BCUT2D eigenvalue weighted by Crippen LogP contribution is 2.40. The second-order valence-corrected chi connectivity index (χ2v) is 10.3. The Kier molecular flexibility index (Phi) is 9.46. The fourth-order valence-corrected chi connectivity index (χ4v) is 4.90. The van der Waals surface area contributed by atoms with Crippen LogP contribution < -0.4 is 22.1 Å². The first-order valence-electron chi connectivity index (χ1n) is 12.8. The fraction of sp³-hybridized carbons (Fsp3) is 0.308. The zero-order valence-corrected chi connectivity index (χ0v) is 23.6. The van der Waals surface area contributed by atoms with Crippen LogP contribution in [0.1, 0.15) is 39.9 Å². The molecule has 2 unspecified atom stereocenters. The number of hydrogen-bond donors (Lipinski definition) is 4. The van der Waals surface area contributed by atoms with E-state index in [4.69, 9.17) is 23.1 Å². The molecule has 12 nitrogen and oxygen atoms in total. The van der Waals surface area contributed by atoms with Crippen LogP contribution in [0.5, 0.6) is 0 Å². The Morgan fingerprint density at radius 3 is 2.35 bits per heavy atom. The number of aromatic nitrogens is 2. The number of aliphatic imine (C=N–C) groups is 1. The number of amides is 2. The van der Waals surface area contributed by atoms with Crippen LogP contribution in [0, 0.1) is 0 Å². The Hall–Kier alpha value is -4.94. The number of carbonyl (C=O) groups excluding carboxylic acids is 4. The third-order valence-corrected chi connectivity index (χ3v) is 6.84. The standard InChI is InChI=1S/C26H21ClF7N7O5/c27-12-2-10(1-11(3-12)25(29,30)31)15(6-19(42)46-23(45)26(32,33)34)20(22(36)44)41-18-5-14(40-24-37-7-13(28)8-38-24)4-16(21(35)43)17(18)9-39-41/h1-5,9,13,15,20H,6-8H2,(H2,35,43)(H2,36,44)(H2,37,38,40)/t15-,20?/m0/s1. The second kappa shape index (κ2) is 12.8. The summed E-state index contributed by atoms with van der Waals surface area (Å²) in [6.45, 7) is -0.303. The quantitative estimate of drug-likeness (QED) is 0.159. The molecule has 3 atom stereocenters. The fourth-order valence-electron chi connectivity index (χ4n) is 4.66. The number of benzene rings is 2. The Morgan fingerprint density at radius 1 is 1.09 bits per heavy atom. The summed E-state index contributed by atoms with van der Waals surface area (Å²) in [6, 6.07) is 2.45. The topological polar surface area (TPSA) is 184 Å². The molecule has 0 aliphatic carbocycles. The third-order valence-electron chi connectivity index (χ3n) is 6.62. The summed E-state index contributed by atoms with van der Waals surface area (Å²) >= 11 is 5.91. The number of carbonyl (C=O) groups is 4. The van der Waals surface area contributed by atoms with E-state index in [1.807, 2.05) is 0 Å². The Balaban J connectivity index is 1.89. The highest BCUT2D eigenvalue weighted by Gasteiger charge is 2.44. The molecule has 46 heavy (non-hydrogen) atoms. The van der Waals surface area contributed by atoms with Crippen molar-refractivity contribution in [1.29, 1.82) is 0 Å². The minimum Gasteiger partial charge on any atom is -0.386 e. The second-order valence-electron chi connectivity index (χ2n) is 9.89. The zero-order chi connectivity index (χ0) is 34.1. The molecule has 1 aromatic heterocycles. The van der Waals surface area contributed by atoms with Crippen molar-refractivity contribution < 1.29 is 54.6 Å². The van der Waals surface area contributed by atoms with Gasteiger partial charge in [0, 0.05) is 22.0 Å². The average molecular weight is 680 g/mol. The molecule has 246 valence electrons. The molecule has 6 N–H and O–H groups in total. The summed E-state index contributed by atoms with van der Waals surface area (Å²) in [5, 5.41) is 8.93. The van der Waals surface area contributed by atoms with Crippen molar-refractivity contribution in [2.75, 3.05) is 18.4 Å². The summed E-state index contributed by atoms with van der Waals surface area (Å²) < 4.78 is 97.6. The van der Waals surface area contributed by atoms with Crippen molar-refractivity contribution in [3.63, 3.8) is 0 Å². The Morgan fingerprint density at radius 2 is 1.78 bits per heavy atom. The summed E-state index contributed by atoms with van der Waals surface area (Å²) in [5.74, 6) is -8.95. The van der Waals surface area contributed by atoms with Crippen LogP contribution in [0.25, 0.3) is 10.9 Å². The molecule has 1 aliphatic heterocycles. The number of fused-ring (bicyclic) bond motifs is 1. The van der Waals surface area contributed by atoms with Crippen LogP contribution in [-0.4, -0.2) is 64.9 Å². The number of primary amides is 2. The number of alkyl halides is 7. The molecule has 2 heterocycles. The van der Waals surface area contributed by atoms with Crippen molar-refractivity contribution >= 4 is 57.9 Å². The lowest BCUT2D eigenvalue weighted by Gasteiger charge is -2.26. The van der Waals surface area contributed by atoms with Gasteiger partial charge in [-0.1, -0.05) is 11.6 Å². The van der Waals surface area contributed by atoms with Gasteiger partial charge >= 0.3 is 24.3 Å². The predicted octanol–water partition coefficient (Wildman–Crippen LogP) is 3.35. The van der Waals surface area contributed by atoms with Crippen LogP contribution in [0.4, 0.5) is 36.4 Å². The molecule has 0 spiro atoms. The normalized spacial score (nSPS) is 16.6. The van der Waals surface area contributed by atoms with Gasteiger partial charge in [0.2, 0.25) is 11.8 Å². The number of nitrogens with one attached hydrogen (secondary N) is 2. The number of esters is 2. The van der Waals surface area contributed by atoms with E-state index < -0.39 is 76.8 Å². The van der Waals surface area contributed by atoms with E-state index in [0.717, 1.165) is 16.9 Å². The molecule has 0 saturated heterocycles. The van der Waals surface area contributed by atoms with E-state index in [-0.39, 0.29) is 41.2 Å². The van der Waals surface area contributed by atoms with Crippen molar-refractivity contribution in [2.24, 2.45) is 16.5 Å². The molecule has 4 rings (SSSR count). The van der Waals surface area contributed by atoms with Crippen LogP contribution in [0.3, 0.4) is 0 Å². The smallest absolute Gasteiger partial charge is 0.386 e. The van der Waals surface area contributed by atoms with Gasteiger partial charge in [0.05, 0.1) is 42.4 Å². The SMILES string of the molecule is NC(=O)c1cc(NC2=NCC(F)CN2)cc2c1cnn2C(C(N)=O)[C@@H](CC(=O)OC(=O)C(F)(F)F)c1cc(Cl)cc(C(F)(F)F)c1. The number of guanidine groups is 1. The first-order chi connectivity index (χ1) is 21.3. The lowest BCUT2D eigenvalue weighted by atomic mass is 9.86. The van der Waals surface area contributed by atoms with Crippen molar-refractivity contribution in [1.82, 2.24) is 15.1 Å². The van der Waals surface area contributed by atoms with Crippen LogP contribution in [0.15, 0.2) is 41.5 Å². The first-order valence-corrected chi connectivity index (χ1v) is 13.2. The number of hydrogen-bond acceptors (Lipinski definition) is 9. The summed E-state index contributed by atoms with van der Waals surface area (Å²) in [4.78, 5) is 53.1. The number of ether oxygens (including phenoxy) is 1. The monoisotopic (exact) mass is 679 g/mol. The van der Waals surface area contributed by atoms with E-state index >= 15 is 0 Å². The van der Waals surface area contributed by atoms with Gasteiger partial charge in [0.15, 0.2) is 5.96 Å². The van der Waals surface area contributed by atoms with Gasteiger partial charge in [-0.2, -0.15) is 31.4 Å². The molecule has 0 fully saturated rings. The Labute approximate surface area is 257 Å². The number of halogens is 8. The van der Waals surface area contributed by atoms with E-state index in [9.17, 15) is 49.9 Å². The lowest BCUT2D eigenvalue weighted by Crippen LogP contribution is -2.41.